The third kappa shape index (κ3) is 5.63. The molecule has 1 aromatic rings. The molecule has 6 nitrogen and oxygen atoms in total. The monoisotopic (exact) mass is 316 g/mol. The number of rotatable bonds is 9. The summed E-state index contributed by atoms with van der Waals surface area (Å²) in [4.78, 5) is 10.9. The highest BCUT2D eigenvalue weighted by atomic mass is 32.2. The Bertz CT molecular complexity index is 579. The van der Waals surface area contributed by atoms with Crippen molar-refractivity contribution >= 4 is 15.8 Å². The Morgan fingerprint density at radius 1 is 1.19 bits per heavy atom. The van der Waals surface area contributed by atoms with Gasteiger partial charge in [-0.2, -0.15) is 0 Å². The van der Waals surface area contributed by atoms with Gasteiger partial charge in [-0.25, -0.2) is 13.2 Å². The van der Waals surface area contributed by atoms with Crippen molar-refractivity contribution in [3.8, 4) is 11.5 Å². The highest BCUT2D eigenvalue weighted by molar-refractivity contribution is 7.91. The van der Waals surface area contributed by atoms with Crippen LogP contribution >= 0.6 is 0 Å². The van der Waals surface area contributed by atoms with Crippen molar-refractivity contribution in [1.29, 1.82) is 0 Å². The Morgan fingerprint density at radius 2 is 1.90 bits per heavy atom. The number of sulfone groups is 1. The molecule has 0 aromatic heterocycles. The quantitative estimate of drug-likeness (QED) is 0.701. The molecule has 1 rings (SSSR count). The van der Waals surface area contributed by atoms with Crippen molar-refractivity contribution in [2.24, 2.45) is 0 Å². The first-order valence-corrected chi connectivity index (χ1v) is 8.55. The molecule has 1 N–H and O–H groups in total. The third-order valence-corrected chi connectivity index (χ3v) is 4.58. The van der Waals surface area contributed by atoms with Gasteiger partial charge in [0.1, 0.15) is 9.84 Å². The summed E-state index contributed by atoms with van der Waals surface area (Å²) in [5.41, 5.74) is 0.111. The van der Waals surface area contributed by atoms with Crippen molar-refractivity contribution < 1.29 is 27.8 Å². The summed E-state index contributed by atoms with van der Waals surface area (Å²) in [6.07, 6.45) is 0.377. The summed E-state index contributed by atoms with van der Waals surface area (Å²) >= 11 is 0. The first-order valence-electron chi connectivity index (χ1n) is 6.73. The second kappa shape index (κ2) is 7.87. The molecule has 0 atom stereocenters. The number of carbonyl (C=O) groups is 1. The maximum atomic E-state index is 11.4. The minimum absolute atomic E-state index is 0.0701. The van der Waals surface area contributed by atoms with Crippen molar-refractivity contribution in [3.63, 3.8) is 0 Å². The van der Waals surface area contributed by atoms with Gasteiger partial charge >= 0.3 is 5.97 Å². The molecule has 0 unspecified atom stereocenters. The Morgan fingerprint density at radius 3 is 2.48 bits per heavy atom. The Balaban J connectivity index is 2.67. The van der Waals surface area contributed by atoms with E-state index in [9.17, 15) is 13.2 Å². The second-order valence-electron chi connectivity index (χ2n) is 4.34. The van der Waals surface area contributed by atoms with Crippen LogP contribution < -0.4 is 9.47 Å². The smallest absolute Gasteiger partial charge is 0.335 e. The van der Waals surface area contributed by atoms with Gasteiger partial charge in [0, 0.05) is 5.75 Å². The minimum Gasteiger partial charge on any atom is -0.490 e. The predicted octanol–water partition coefficient (Wildman–Crippen LogP) is 1.99. The predicted molar refractivity (Wildman–Crippen MR) is 79.0 cm³/mol. The van der Waals surface area contributed by atoms with Gasteiger partial charge in [0.25, 0.3) is 0 Å². The van der Waals surface area contributed by atoms with Crippen LogP contribution in [0, 0.1) is 0 Å². The van der Waals surface area contributed by atoms with Gasteiger partial charge in [0.2, 0.25) is 0 Å². The van der Waals surface area contributed by atoms with Gasteiger partial charge in [-0.15, -0.1) is 0 Å². The second-order valence-corrected chi connectivity index (χ2v) is 6.81. The van der Waals surface area contributed by atoms with Crippen LogP contribution in [0.3, 0.4) is 0 Å². The lowest BCUT2D eigenvalue weighted by Crippen LogP contribution is -2.12. The number of ether oxygens (including phenoxy) is 2. The molecule has 0 aliphatic rings. The van der Waals surface area contributed by atoms with Crippen LogP contribution in [0.15, 0.2) is 18.2 Å². The van der Waals surface area contributed by atoms with E-state index in [2.05, 4.69) is 0 Å². The van der Waals surface area contributed by atoms with Crippen LogP contribution in [-0.4, -0.2) is 44.2 Å². The fraction of sp³-hybridized carbons (Fsp3) is 0.500. The number of benzene rings is 1. The maximum Gasteiger partial charge on any atom is 0.335 e. The number of carboxylic acid groups (broad SMARTS) is 1. The van der Waals surface area contributed by atoms with Gasteiger partial charge < -0.3 is 14.6 Å². The van der Waals surface area contributed by atoms with Crippen molar-refractivity contribution in [3.05, 3.63) is 23.8 Å². The average Bonchev–Trinajstić information content (AvgIpc) is 2.45. The van der Waals surface area contributed by atoms with Crippen LogP contribution in [0.25, 0.3) is 0 Å². The molecule has 0 radical (unpaired) electrons. The topological polar surface area (TPSA) is 89.9 Å². The fourth-order valence-corrected chi connectivity index (χ4v) is 2.48. The van der Waals surface area contributed by atoms with Crippen LogP contribution in [0.5, 0.6) is 11.5 Å². The SMILES string of the molecule is CCOc1cc(C(=O)O)ccc1OCCCS(=O)(=O)CC. The third-order valence-electron chi connectivity index (χ3n) is 2.79. The normalized spacial score (nSPS) is 11.1. The number of hydrogen-bond acceptors (Lipinski definition) is 5. The van der Waals surface area contributed by atoms with Crippen LogP contribution in [0.2, 0.25) is 0 Å². The van der Waals surface area contributed by atoms with E-state index in [1.165, 1.54) is 18.2 Å². The zero-order chi connectivity index (χ0) is 15.9. The molecular formula is C14H20O6S. The van der Waals surface area contributed by atoms with Gasteiger partial charge in [-0.3, -0.25) is 0 Å². The van der Waals surface area contributed by atoms with Gasteiger partial charge in [-0.1, -0.05) is 6.92 Å². The largest absolute Gasteiger partial charge is 0.490 e. The summed E-state index contributed by atoms with van der Waals surface area (Å²) < 4.78 is 33.5. The first-order chi connectivity index (χ1) is 9.89. The number of aromatic carboxylic acids is 1. The molecule has 118 valence electrons. The molecule has 0 spiro atoms. The van der Waals surface area contributed by atoms with E-state index in [0.29, 0.717) is 24.5 Å². The van der Waals surface area contributed by atoms with E-state index in [-0.39, 0.29) is 23.7 Å². The Labute approximate surface area is 124 Å². The molecule has 0 fully saturated rings. The first kappa shape index (κ1) is 17.3. The zero-order valence-corrected chi connectivity index (χ0v) is 13.0. The average molecular weight is 316 g/mol. The van der Waals surface area contributed by atoms with Crippen LogP contribution in [-0.2, 0) is 9.84 Å². The number of carboxylic acids is 1. The van der Waals surface area contributed by atoms with Gasteiger partial charge in [0.05, 0.1) is 24.5 Å². The summed E-state index contributed by atoms with van der Waals surface area (Å²) in [7, 11) is -3.00. The van der Waals surface area contributed by atoms with Crippen molar-refractivity contribution in [2.75, 3.05) is 24.7 Å². The highest BCUT2D eigenvalue weighted by Gasteiger charge is 2.11. The molecule has 7 heteroatoms. The standard InChI is InChI=1S/C14H20O6S/c1-3-19-13-10-11(14(15)16)6-7-12(13)20-8-5-9-21(17,18)4-2/h6-7,10H,3-5,8-9H2,1-2H3,(H,15,16). The summed E-state index contributed by atoms with van der Waals surface area (Å²) in [5, 5.41) is 8.94. The molecule has 0 heterocycles. The fourth-order valence-electron chi connectivity index (χ4n) is 1.63. The van der Waals surface area contributed by atoms with Crippen molar-refractivity contribution in [2.45, 2.75) is 20.3 Å². The molecule has 21 heavy (non-hydrogen) atoms. The molecular weight excluding hydrogens is 296 g/mol. The number of hydrogen-bond donors (Lipinski definition) is 1. The zero-order valence-electron chi connectivity index (χ0n) is 12.2. The van der Waals surface area contributed by atoms with Crippen molar-refractivity contribution in [1.82, 2.24) is 0 Å². The summed E-state index contributed by atoms with van der Waals surface area (Å²) in [6, 6.07) is 4.33. The molecule has 1 aromatic carbocycles. The van der Waals surface area contributed by atoms with Crippen LogP contribution in [0.4, 0.5) is 0 Å². The lowest BCUT2D eigenvalue weighted by atomic mass is 10.2. The van der Waals surface area contributed by atoms with Gasteiger partial charge in [-0.05, 0) is 31.5 Å². The van der Waals surface area contributed by atoms with Crippen LogP contribution in [0.1, 0.15) is 30.6 Å². The van der Waals surface area contributed by atoms with E-state index >= 15 is 0 Å². The van der Waals surface area contributed by atoms with Gasteiger partial charge in [0.15, 0.2) is 11.5 Å². The van der Waals surface area contributed by atoms with E-state index in [1.54, 1.807) is 13.8 Å². The Hall–Kier alpha value is -1.76. The molecule has 0 aliphatic heterocycles. The molecule has 0 saturated carbocycles. The Kier molecular flexibility index (Phi) is 6.48. The maximum absolute atomic E-state index is 11.4. The van der Waals surface area contributed by atoms with E-state index < -0.39 is 15.8 Å². The lowest BCUT2D eigenvalue weighted by molar-refractivity contribution is 0.0696. The lowest BCUT2D eigenvalue weighted by Gasteiger charge is -2.12. The van der Waals surface area contributed by atoms with E-state index in [0.717, 1.165) is 0 Å². The highest BCUT2D eigenvalue weighted by Crippen LogP contribution is 2.28. The molecule has 0 aliphatic carbocycles. The van der Waals surface area contributed by atoms with E-state index in [1.807, 2.05) is 0 Å². The minimum atomic E-state index is -3.00. The van der Waals surface area contributed by atoms with E-state index in [4.69, 9.17) is 14.6 Å². The molecule has 0 amide bonds. The summed E-state index contributed by atoms with van der Waals surface area (Å²) in [6.45, 7) is 3.99. The molecule has 0 saturated heterocycles. The molecule has 0 bridgehead atoms. The summed E-state index contributed by atoms with van der Waals surface area (Å²) in [5.74, 6) is -0.103.